The molecule has 2 N–H and O–H groups in total. The molecule has 19 heavy (non-hydrogen) atoms. The van der Waals surface area contributed by atoms with Crippen LogP contribution in [0.5, 0.6) is 0 Å². The van der Waals surface area contributed by atoms with Crippen LogP contribution in [-0.4, -0.2) is 4.57 Å². The van der Waals surface area contributed by atoms with Crippen molar-refractivity contribution in [2.24, 2.45) is 5.73 Å². The molecule has 3 nitrogen and oxygen atoms in total. The molecule has 0 aliphatic rings. The van der Waals surface area contributed by atoms with Crippen LogP contribution in [0.2, 0.25) is 0 Å². The van der Waals surface area contributed by atoms with Crippen molar-refractivity contribution in [1.29, 1.82) is 0 Å². The molecule has 2 aromatic rings. The number of hydrogen-bond acceptors (Lipinski definition) is 2. The van der Waals surface area contributed by atoms with Gasteiger partial charge >= 0.3 is 0 Å². The van der Waals surface area contributed by atoms with Crippen LogP contribution < -0.4 is 11.3 Å². The topological polar surface area (TPSA) is 48.0 Å². The Balaban J connectivity index is 2.31. The molecule has 0 saturated carbocycles. The first-order valence-electron chi connectivity index (χ1n) is 5.86. The monoisotopic (exact) mass is 264 g/mol. The highest BCUT2D eigenvalue weighted by atomic mass is 19.1. The Hall–Kier alpha value is -2.01. The van der Waals surface area contributed by atoms with Crippen molar-refractivity contribution in [3.05, 3.63) is 69.6 Å². The second-order valence-electron chi connectivity index (χ2n) is 4.39. The molecule has 5 heteroatoms. The Kier molecular flexibility index (Phi) is 3.76. The van der Waals surface area contributed by atoms with Crippen LogP contribution >= 0.6 is 0 Å². The number of rotatable bonds is 3. The maximum absolute atomic E-state index is 13.6. The van der Waals surface area contributed by atoms with Gasteiger partial charge in [-0.2, -0.15) is 0 Å². The van der Waals surface area contributed by atoms with E-state index in [0.717, 1.165) is 17.8 Å². The fourth-order valence-corrected chi connectivity index (χ4v) is 1.95. The van der Waals surface area contributed by atoms with Gasteiger partial charge in [0, 0.05) is 29.9 Å². The molecule has 0 bridgehead atoms. The van der Waals surface area contributed by atoms with Gasteiger partial charge in [-0.25, -0.2) is 8.78 Å². The summed E-state index contributed by atoms with van der Waals surface area (Å²) in [7, 11) is 0. The highest BCUT2D eigenvalue weighted by Crippen LogP contribution is 2.17. The Morgan fingerprint density at radius 3 is 2.63 bits per heavy atom. The van der Waals surface area contributed by atoms with Crippen LogP contribution in [-0.2, 0) is 6.54 Å². The van der Waals surface area contributed by atoms with Gasteiger partial charge in [0.25, 0.3) is 5.56 Å². The minimum Gasteiger partial charge on any atom is -0.322 e. The van der Waals surface area contributed by atoms with Crippen molar-refractivity contribution < 1.29 is 8.78 Å². The Morgan fingerprint density at radius 2 is 2.00 bits per heavy atom. The zero-order chi connectivity index (χ0) is 14.0. The van der Waals surface area contributed by atoms with E-state index in [1.165, 1.54) is 16.7 Å². The fraction of sp³-hybridized carbons (Fsp3) is 0.214. The van der Waals surface area contributed by atoms with E-state index in [0.29, 0.717) is 0 Å². The summed E-state index contributed by atoms with van der Waals surface area (Å²) in [6, 6.07) is 7.38. The van der Waals surface area contributed by atoms with Crippen LogP contribution in [0.3, 0.4) is 0 Å². The number of benzene rings is 1. The summed E-state index contributed by atoms with van der Waals surface area (Å²) in [6.07, 6.45) is 0. The molecule has 0 fully saturated rings. The number of nitrogens with zero attached hydrogens (tertiary/aromatic N) is 1. The van der Waals surface area contributed by atoms with E-state index in [1.54, 1.807) is 19.1 Å². The van der Waals surface area contributed by atoms with Crippen LogP contribution in [0, 0.1) is 18.6 Å². The average molecular weight is 264 g/mol. The van der Waals surface area contributed by atoms with Gasteiger partial charge in [-0.05, 0) is 19.1 Å². The predicted molar refractivity (Wildman–Crippen MR) is 68.7 cm³/mol. The Morgan fingerprint density at radius 1 is 1.26 bits per heavy atom. The predicted octanol–water partition coefficient (Wildman–Crippen LogP) is 2.13. The Bertz CT molecular complexity index is 652. The highest BCUT2D eigenvalue weighted by molar-refractivity contribution is 5.22. The Labute approximate surface area is 109 Å². The van der Waals surface area contributed by atoms with Crippen molar-refractivity contribution >= 4 is 0 Å². The lowest BCUT2D eigenvalue weighted by molar-refractivity contribution is 0.509. The molecule has 1 aromatic carbocycles. The van der Waals surface area contributed by atoms with E-state index >= 15 is 0 Å². The van der Waals surface area contributed by atoms with E-state index in [-0.39, 0.29) is 17.7 Å². The summed E-state index contributed by atoms with van der Waals surface area (Å²) in [6.45, 7) is 1.92. The number of nitrogens with two attached hydrogens (primary N) is 1. The minimum atomic E-state index is -0.709. The number of aromatic nitrogens is 1. The van der Waals surface area contributed by atoms with E-state index in [2.05, 4.69) is 0 Å². The van der Waals surface area contributed by atoms with Gasteiger partial charge in [-0.3, -0.25) is 4.79 Å². The fourth-order valence-electron chi connectivity index (χ4n) is 1.95. The van der Waals surface area contributed by atoms with Gasteiger partial charge in [0.15, 0.2) is 0 Å². The molecule has 1 unspecified atom stereocenters. The third kappa shape index (κ3) is 2.88. The quantitative estimate of drug-likeness (QED) is 0.923. The van der Waals surface area contributed by atoms with Gasteiger partial charge in [0.1, 0.15) is 11.6 Å². The van der Waals surface area contributed by atoms with Crippen LogP contribution in [0.15, 0.2) is 41.2 Å². The lowest BCUT2D eigenvalue weighted by Gasteiger charge is -2.16. The van der Waals surface area contributed by atoms with Crippen molar-refractivity contribution in [2.45, 2.75) is 19.5 Å². The number of halogens is 2. The molecule has 0 radical (unpaired) electrons. The molecule has 1 atom stereocenters. The van der Waals surface area contributed by atoms with Crippen molar-refractivity contribution in [3.8, 4) is 0 Å². The lowest BCUT2D eigenvalue weighted by atomic mass is 10.1. The molecule has 100 valence electrons. The maximum Gasteiger partial charge on any atom is 0.250 e. The zero-order valence-corrected chi connectivity index (χ0v) is 10.4. The second kappa shape index (κ2) is 5.32. The molecular weight excluding hydrogens is 250 g/mol. The van der Waals surface area contributed by atoms with E-state index < -0.39 is 17.7 Å². The highest BCUT2D eigenvalue weighted by Gasteiger charge is 2.14. The van der Waals surface area contributed by atoms with Gasteiger partial charge in [0.2, 0.25) is 0 Å². The first kappa shape index (κ1) is 13.4. The molecule has 0 saturated heterocycles. The van der Waals surface area contributed by atoms with Crippen LogP contribution in [0.1, 0.15) is 17.3 Å². The molecule has 1 aromatic heterocycles. The van der Waals surface area contributed by atoms with E-state index in [1.807, 2.05) is 0 Å². The van der Waals surface area contributed by atoms with Gasteiger partial charge in [-0.15, -0.1) is 0 Å². The van der Waals surface area contributed by atoms with Gasteiger partial charge in [-0.1, -0.05) is 12.1 Å². The molecular formula is C14H14F2N2O. The van der Waals surface area contributed by atoms with Gasteiger partial charge < -0.3 is 10.3 Å². The first-order valence-corrected chi connectivity index (χ1v) is 5.86. The maximum atomic E-state index is 13.6. The van der Waals surface area contributed by atoms with Crippen molar-refractivity contribution in [1.82, 2.24) is 4.57 Å². The summed E-state index contributed by atoms with van der Waals surface area (Å²) in [4.78, 5) is 11.7. The second-order valence-corrected chi connectivity index (χ2v) is 4.39. The SMILES string of the molecule is Cc1cccc(=O)n1CC(N)c1ccc(F)cc1F. The smallest absolute Gasteiger partial charge is 0.250 e. The summed E-state index contributed by atoms with van der Waals surface area (Å²) in [5.41, 5.74) is 6.63. The third-order valence-electron chi connectivity index (χ3n) is 3.01. The standard InChI is InChI=1S/C14H14F2N2O/c1-9-3-2-4-14(19)18(9)8-13(17)11-6-5-10(15)7-12(11)16/h2-7,13H,8,17H2,1H3. The van der Waals surface area contributed by atoms with Crippen molar-refractivity contribution in [2.75, 3.05) is 0 Å². The normalized spacial score (nSPS) is 12.4. The lowest BCUT2D eigenvalue weighted by Crippen LogP contribution is -2.28. The average Bonchev–Trinajstić information content (AvgIpc) is 2.33. The summed E-state index contributed by atoms with van der Waals surface area (Å²) in [5, 5.41) is 0. The molecule has 0 amide bonds. The zero-order valence-electron chi connectivity index (χ0n) is 10.4. The minimum absolute atomic E-state index is 0.147. The van der Waals surface area contributed by atoms with E-state index in [9.17, 15) is 13.6 Å². The largest absolute Gasteiger partial charge is 0.322 e. The van der Waals surface area contributed by atoms with E-state index in [4.69, 9.17) is 5.73 Å². The van der Waals surface area contributed by atoms with Crippen molar-refractivity contribution in [3.63, 3.8) is 0 Å². The number of hydrogen-bond donors (Lipinski definition) is 1. The summed E-state index contributed by atoms with van der Waals surface area (Å²) in [5.74, 6) is -1.35. The van der Waals surface area contributed by atoms with Gasteiger partial charge in [0.05, 0.1) is 6.04 Å². The first-order chi connectivity index (χ1) is 8.99. The molecule has 2 rings (SSSR count). The molecule has 0 spiro atoms. The molecule has 0 aliphatic heterocycles. The summed E-state index contributed by atoms with van der Waals surface area (Å²) >= 11 is 0. The van der Waals surface area contributed by atoms with Crippen LogP contribution in [0.4, 0.5) is 8.78 Å². The number of aryl methyl sites for hydroxylation is 1. The van der Waals surface area contributed by atoms with Crippen LogP contribution in [0.25, 0.3) is 0 Å². The number of pyridine rings is 1. The molecule has 0 aliphatic carbocycles. The summed E-state index contributed by atoms with van der Waals surface area (Å²) < 4.78 is 27.9. The molecule has 1 heterocycles. The third-order valence-corrected chi connectivity index (χ3v) is 3.01.